The Bertz CT molecular complexity index is 559. The number of ether oxygens (including phenoxy) is 3. The van der Waals surface area contributed by atoms with Crippen molar-refractivity contribution >= 4 is 24.0 Å². The minimum Gasteiger partial charge on any atom is -0.466 e. The van der Waals surface area contributed by atoms with Crippen molar-refractivity contribution in [2.45, 2.75) is 13.8 Å². The molecule has 0 amide bonds. The summed E-state index contributed by atoms with van der Waals surface area (Å²) in [4.78, 5) is 33.0. The molecule has 0 unspecified atom stereocenters. The van der Waals surface area contributed by atoms with Crippen molar-refractivity contribution in [3.8, 4) is 11.5 Å². The second-order valence-corrected chi connectivity index (χ2v) is 3.74. The lowest BCUT2D eigenvalue weighted by molar-refractivity contribution is -0.135. The van der Waals surface area contributed by atoms with Gasteiger partial charge in [-0.25, -0.2) is 4.79 Å². The van der Waals surface area contributed by atoms with Crippen LogP contribution in [0, 0.1) is 0 Å². The van der Waals surface area contributed by atoms with Gasteiger partial charge < -0.3 is 14.2 Å². The van der Waals surface area contributed by atoms with E-state index in [0.29, 0.717) is 5.56 Å². The Morgan fingerprint density at radius 1 is 1.05 bits per heavy atom. The van der Waals surface area contributed by atoms with E-state index in [4.69, 9.17) is 9.47 Å². The third-order valence-corrected chi connectivity index (χ3v) is 2.10. The van der Waals surface area contributed by atoms with Crippen LogP contribution in [0.15, 0.2) is 24.3 Å². The quantitative estimate of drug-likeness (QED) is 0.474. The standard InChI is InChI=1S/C14H14O6/c1-9(15)19-12-6-4-11(5-7-14(17)18-3)13(8-12)20-10(2)16/h4-8H,1-3H3/b7-5+. The van der Waals surface area contributed by atoms with Crippen molar-refractivity contribution in [3.05, 3.63) is 29.8 Å². The summed E-state index contributed by atoms with van der Waals surface area (Å²) in [6.07, 6.45) is 2.62. The molecule has 0 atom stereocenters. The second kappa shape index (κ2) is 7.08. The third-order valence-electron chi connectivity index (χ3n) is 2.10. The lowest BCUT2D eigenvalue weighted by Gasteiger charge is -2.08. The summed E-state index contributed by atoms with van der Waals surface area (Å²) in [6, 6.07) is 4.46. The van der Waals surface area contributed by atoms with Crippen LogP contribution in [0.4, 0.5) is 0 Å². The van der Waals surface area contributed by atoms with Crippen LogP contribution in [0.2, 0.25) is 0 Å². The summed E-state index contributed by atoms with van der Waals surface area (Å²) in [5, 5.41) is 0. The molecule has 20 heavy (non-hydrogen) atoms. The summed E-state index contributed by atoms with van der Waals surface area (Å²) < 4.78 is 14.4. The summed E-state index contributed by atoms with van der Waals surface area (Å²) in [6.45, 7) is 2.50. The number of hydrogen-bond donors (Lipinski definition) is 0. The molecular weight excluding hydrogens is 264 g/mol. The van der Waals surface area contributed by atoms with Crippen LogP contribution in [-0.4, -0.2) is 25.0 Å². The zero-order chi connectivity index (χ0) is 15.1. The van der Waals surface area contributed by atoms with Gasteiger partial charge in [-0.3, -0.25) is 9.59 Å². The maximum Gasteiger partial charge on any atom is 0.330 e. The first-order chi connectivity index (χ1) is 9.42. The molecule has 0 N–H and O–H groups in total. The van der Waals surface area contributed by atoms with Gasteiger partial charge in [-0.15, -0.1) is 0 Å². The van der Waals surface area contributed by atoms with Crippen molar-refractivity contribution in [2.75, 3.05) is 7.11 Å². The number of carbonyl (C=O) groups excluding carboxylic acids is 3. The molecule has 106 valence electrons. The fourth-order valence-electron chi connectivity index (χ4n) is 1.35. The van der Waals surface area contributed by atoms with Crippen LogP contribution >= 0.6 is 0 Å². The number of benzene rings is 1. The molecule has 0 bridgehead atoms. The monoisotopic (exact) mass is 278 g/mol. The van der Waals surface area contributed by atoms with Crippen molar-refractivity contribution in [1.82, 2.24) is 0 Å². The van der Waals surface area contributed by atoms with Gasteiger partial charge in [0.05, 0.1) is 7.11 Å². The number of methoxy groups -OCH3 is 1. The Labute approximate surface area is 115 Å². The van der Waals surface area contributed by atoms with Crippen LogP contribution in [-0.2, 0) is 19.1 Å². The highest BCUT2D eigenvalue weighted by Crippen LogP contribution is 2.26. The van der Waals surface area contributed by atoms with Crippen LogP contribution in [0.5, 0.6) is 11.5 Å². The Hall–Kier alpha value is -2.63. The smallest absolute Gasteiger partial charge is 0.330 e. The maximum atomic E-state index is 11.0. The van der Waals surface area contributed by atoms with E-state index in [-0.39, 0.29) is 11.5 Å². The highest BCUT2D eigenvalue weighted by atomic mass is 16.5. The van der Waals surface area contributed by atoms with Crippen LogP contribution in [0.3, 0.4) is 0 Å². The number of carbonyl (C=O) groups is 3. The minimum absolute atomic E-state index is 0.177. The number of rotatable bonds is 4. The predicted octanol–water partition coefficient (Wildman–Crippen LogP) is 1.72. The summed E-state index contributed by atoms with van der Waals surface area (Å²) in [7, 11) is 1.25. The first-order valence-corrected chi connectivity index (χ1v) is 5.69. The fourth-order valence-corrected chi connectivity index (χ4v) is 1.35. The molecule has 0 saturated heterocycles. The number of esters is 3. The molecule has 0 aliphatic rings. The molecule has 0 aromatic heterocycles. The molecule has 6 heteroatoms. The molecule has 1 aromatic carbocycles. The van der Waals surface area contributed by atoms with Crippen molar-refractivity contribution < 1.29 is 28.6 Å². The Kier molecular flexibility index (Phi) is 5.46. The van der Waals surface area contributed by atoms with E-state index < -0.39 is 17.9 Å². The normalized spacial score (nSPS) is 10.2. The average molecular weight is 278 g/mol. The molecule has 1 rings (SSSR count). The average Bonchev–Trinajstić information content (AvgIpc) is 2.36. The molecule has 0 spiro atoms. The first kappa shape index (κ1) is 15.4. The maximum absolute atomic E-state index is 11.0. The highest BCUT2D eigenvalue weighted by Gasteiger charge is 2.08. The van der Waals surface area contributed by atoms with Crippen molar-refractivity contribution in [3.63, 3.8) is 0 Å². The second-order valence-electron chi connectivity index (χ2n) is 3.74. The largest absolute Gasteiger partial charge is 0.466 e. The Morgan fingerprint density at radius 2 is 1.70 bits per heavy atom. The predicted molar refractivity (Wildman–Crippen MR) is 70.1 cm³/mol. The Morgan fingerprint density at radius 3 is 2.25 bits per heavy atom. The van der Waals surface area contributed by atoms with Gasteiger partial charge in [-0.05, 0) is 18.2 Å². The van der Waals surface area contributed by atoms with Gasteiger partial charge in [-0.1, -0.05) is 0 Å². The molecule has 0 aliphatic heterocycles. The van der Waals surface area contributed by atoms with Gasteiger partial charge in [0, 0.05) is 31.6 Å². The van der Waals surface area contributed by atoms with Crippen LogP contribution in [0.1, 0.15) is 19.4 Å². The molecule has 0 radical (unpaired) electrons. The van der Waals surface area contributed by atoms with Gasteiger partial charge in [0.15, 0.2) is 0 Å². The topological polar surface area (TPSA) is 78.9 Å². The molecule has 6 nitrogen and oxygen atoms in total. The summed E-state index contributed by atoms with van der Waals surface area (Å²) >= 11 is 0. The molecule has 0 aliphatic carbocycles. The van der Waals surface area contributed by atoms with Gasteiger partial charge in [0.25, 0.3) is 0 Å². The van der Waals surface area contributed by atoms with Crippen molar-refractivity contribution in [1.29, 1.82) is 0 Å². The third kappa shape index (κ3) is 4.93. The zero-order valence-corrected chi connectivity index (χ0v) is 11.3. The van der Waals surface area contributed by atoms with Crippen LogP contribution in [0.25, 0.3) is 6.08 Å². The van der Waals surface area contributed by atoms with E-state index in [1.54, 1.807) is 6.07 Å². The van der Waals surface area contributed by atoms with E-state index in [9.17, 15) is 14.4 Å². The number of hydrogen-bond acceptors (Lipinski definition) is 6. The highest BCUT2D eigenvalue weighted by molar-refractivity contribution is 5.88. The molecular formula is C14H14O6. The molecule has 1 aromatic rings. The van der Waals surface area contributed by atoms with Crippen molar-refractivity contribution in [2.24, 2.45) is 0 Å². The van der Waals surface area contributed by atoms with E-state index in [1.807, 2.05) is 0 Å². The van der Waals surface area contributed by atoms with Gasteiger partial charge in [-0.2, -0.15) is 0 Å². The summed E-state index contributed by atoms with van der Waals surface area (Å²) in [5.74, 6) is -1.14. The fraction of sp³-hybridized carbons (Fsp3) is 0.214. The lowest BCUT2D eigenvalue weighted by atomic mass is 10.1. The molecule has 0 saturated carbocycles. The van der Waals surface area contributed by atoms with Crippen LogP contribution < -0.4 is 9.47 Å². The first-order valence-electron chi connectivity index (χ1n) is 5.69. The van der Waals surface area contributed by atoms with E-state index >= 15 is 0 Å². The zero-order valence-electron chi connectivity index (χ0n) is 11.3. The SMILES string of the molecule is COC(=O)/C=C/c1ccc(OC(C)=O)cc1OC(C)=O. The van der Waals surface area contributed by atoms with Gasteiger partial charge in [0.1, 0.15) is 11.5 Å². The lowest BCUT2D eigenvalue weighted by Crippen LogP contribution is -2.05. The van der Waals surface area contributed by atoms with E-state index in [0.717, 1.165) is 0 Å². The summed E-state index contributed by atoms with van der Waals surface area (Å²) in [5.41, 5.74) is 0.474. The molecule has 0 heterocycles. The van der Waals surface area contributed by atoms with Gasteiger partial charge in [0.2, 0.25) is 0 Å². The minimum atomic E-state index is -0.539. The Balaban J connectivity index is 3.09. The van der Waals surface area contributed by atoms with E-state index in [2.05, 4.69) is 4.74 Å². The van der Waals surface area contributed by atoms with E-state index in [1.165, 1.54) is 45.2 Å². The van der Waals surface area contributed by atoms with Gasteiger partial charge >= 0.3 is 17.9 Å². The molecule has 0 fully saturated rings.